The molecule has 1 heterocycles. The number of hydrogen-bond donors (Lipinski definition) is 2. The first-order valence-electron chi connectivity index (χ1n) is 7.32. The van der Waals surface area contributed by atoms with Crippen molar-refractivity contribution in [1.29, 1.82) is 0 Å². The summed E-state index contributed by atoms with van der Waals surface area (Å²) in [6.07, 6.45) is 7.25. The molecule has 3 rings (SSSR count). The van der Waals surface area contributed by atoms with Gasteiger partial charge in [0.2, 0.25) is 5.95 Å². The predicted octanol–water partition coefficient (Wildman–Crippen LogP) is 4.96. The minimum atomic E-state index is 0. The number of allylic oxidation sites excluding steroid dienone is 5. The third kappa shape index (κ3) is 6.28. The number of rotatable bonds is 3. The molecular weight excluding hydrogens is 366 g/mol. The summed E-state index contributed by atoms with van der Waals surface area (Å²) in [4.78, 5) is 8.32. The molecule has 0 aliphatic heterocycles. The number of anilines is 1. The first-order valence-corrected chi connectivity index (χ1v) is 7.70. The molecule has 0 spiro atoms. The molecule has 0 radical (unpaired) electrons. The molecular formula is C18H19ClFeN3O-. The van der Waals surface area contributed by atoms with E-state index in [0.29, 0.717) is 16.7 Å². The van der Waals surface area contributed by atoms with Gasteiger partial charge in [0, 0.05) is 22.6 Å². The SMILES string of the molecule is CC(C)c1cc(Cl)nc(NC(O)=C2C=CC=C2)n1.[Fe].c1cc[cH-]c1. The molecule has 1 aliphatic carbocycles. The topological polar surface area (TPSA) is 58.0 Å². The fourth-order valence-electron chi connectivity index (χ4n) is 1.82. The Balaban J connectivity index is 0.000000412. The molecule has 0 saturated heterocycles. The molecule has 1 aromatic heterocycles. The number of aliphatic hydroxyl groups is 1. The van der Waals surface area contributed by atoms with Crippen LogP contribution in [0.2, 0.25) is 5.15 Å². The molecule has 24 heavy (non-hydrogen) atoms. The first kappa shape index (κ1) is 20.1. The van der Waals surface area contributed by atoms with Gasteiger partial charge in [0.1, 0.15) is 5.15 Å². The molecule has 2 aromatic rings. The van der Waals surface area contributed by atoms with E-state index in [1.54, 1.807) is 18.2 Å². The summed E-state index contributed by atoms with van der Waals surface area (Å²) in [5.41, 5.74) is 1.51. The van der Waals surface area contributed by atoms with Crippen LogP contribution < -0.4 is 5.32 Å². The van der Waals surface area contributed by atoms with Gasteiger partial charge in [-0.1, -0.05) is 37.6 Å². The monoisotopic (exact) mass is 384 g/mol. The van der Waals surface area contributed by atoms with Crippen LogP contribution in [-0.4, -0.2) is 15.1 Å². The van der Waals surface area contributed by atoms with Crippen LogP contribution in [-0.2, 0) is 17.1 Å². The summed E-state index contributed by atoms with van der Waals surface area (Å²) in [6, 6.07) is 11.7. The van der Waals surface area contributed by atoms with Crippen molar-refractivity contribution in [2.45, 2.75) is 19.8 Å². The van der Waals surface area contributed by atoms with Crippen LogP contribution >= 0.6 is 11.6 Å². The largest absolute Gasteiger partial charge is 0.494 e. The van der Waals surface area contributed by atoms with E-state index in [9.17, 15) is 5.11 Å². The Morgan fingerprint density at radius 3 is 2.29 bits per heavy atom. The second kappa shape index (κ2) is 10.0. The maximum absolute atomic E-state index is 9.87. The van der Waals surface area contributed by atoms with Crippen molar-refractivity contribution in [3.05, 3.63) is 83.0 Å². The zero-order valence-corrected chi connectivity index (χ0v) is 15.3. The minimum absolute atomic E-state index is 0. The van der Waals surface area contributed by atoms with E-state index in [4.69, 9.17) is 11.6 Å². The first-order chi connectivity index (χ1) is 11.1. The van der Waals surface area contributed by atoms with Gasteiger partial charge in [-0.3, -0.25) is 5.32 Å². The molecule has 128 valence electrons. The van der Waals surface area contributed by atoms with Gasteiger partial charge in [0.25, 0.3) is 0 Å². The van der Waals surface area contributed by atoms with Crippen molar-refractivity contribution in [3.63, 3.8) is 0 Å². The van der Waals surface area contributed by atoms with Crippen LogP contribution in [0, 0.1) is 0 Å². The Labute approximate surface area is 157 Å². The Hall–Kier alpha value is -1.94. The van der Waals surface area contributed by atoms with Crippen molar-refractivity contribution in [3.8, 4) is 0 Å². The van der Waals surface area contributed by atoms with Crippen LogP contribution in [0.15, 0.2) is 72.2 Å². The van der Waals surface area contributed by atoms with Crippen molar-refractivity contribution < 1.29 is 22.2 Å². The number of aromatic nitrogens is 2. The van der Waals surface area contributed by atoms with Crippen LogP contribution in [0.1, 0.15) is 25.5 Å². The molecule has 4 nitrogen and oxygen atoms in total. The molecule has 0 bridgehead atoms. The molecule has 0 fully saturated rings. The van der Waals surface area contributed by atoms with E-state index >= 15 is 0 Å². The molecule has 0 unspecified atom stereocenters. The van der Waals surface area contributed by atoms with Gasteiger partial charge in [0.05, 0.1) is 5.69 Å². The van der Waals surface area contributed by atoms with Crippen molar-refractivity contribution >= 4 is 17.5 Å². The summed E-state index contributed by atoms with van der Waals surface area (Å²) < 4.78 is 0. The second-order valence-electron chi connectivity index (χ2n) is 5.20. The molecule has 6 heteroatoms. The third-order valence-electron chi connectivity index (χ3n) is 3.03. The van der Waals surface area contributed by atoms with E-state index in [2.05, 4.69) is 15.3 Å². The maximum atomic E-state index is 9.87. The standard InChI is InChI=1S/C13H14ClN3O.C5H5.Fe/c1-8(2)10-7-11(14)16-13(15-10)17-12(18)9-5-3-4-6-9;1-2-4-5-3-1;/h3-8,18H,1-2H3,(H,15,16,17);1-5H;/q;-1;. The molecule has 0 amide bonds. The van der Waals surface area contributed by atoms with Crippen molar-refractivity contribution in [2.24, 2.45) is 0 Å². The number of nitrogens with one attached hydrogen (secondary N) is 1. The number of nitrogens with zero attached hydrogens (tertiary/aromatic N) is 2. The van der Waals surface area contributed by atoms with E-state index in [1.165, 1.54) is 0 Å². The van der Waals surface area contributed by atoms with E-state index in [-0.39, 0.29) is 28.9 Å². The maximum Gasteiger partial charge on any atom is 0.231 e. The molecule has 1 aliphatic rings. The fraction of sp³-hybridized carbons (Fsp3) is 0.167. The van der Waals surface area contributed by atoms with Crippen molar-refractivity contribution in [2.75, 3.05) is 5.32 Å². The van der Waals surface area contributed by atoms with Gasteiger partial charge in [-0.05, 0) is 24.1 Å². The summed E-state index contributed by atoms with van der Waals surface area (Å²) in [6.45, 7) is 4.03. The molecule has 2 N–H and O–H groups in total. The normalized spacial score (nSPS) is 11.8. The number of hydrogen-bond acceptors (Lipinski definition) is 4. The summed E-state index contributed by atoms with van der Waals surface area (Å²) in [5.74, 6) is 0.550. The van der Waals surface area contributed by atoms with Gasteiger partial charge < -0.3 is 5.11 Å². The predicted molar refractivity (Wildman–Crippen MR) is 94.7 cm³/mol. The quantitative estimate of drug-likeness (QED) is 0.340. The zero-order valence-electron chi connectivity index (χ0n) is 13.4. The number of aliphatic hydroxyl groups excluding tert-OH is 1. The smallest absolute Gasteiger partial charge is 0.231 e. The van der Waals surface area contributed by atoms with E-state index in [0.717, 1.165) is 5.69 Å². The van der Waals surface area contributed by atoms with Crippen LogP contribution in [0.3, 0.4) is 0 Å². The Kier molecular flexibility index (Phi) is 8.41. The van der Waals surface area contributed by atoms with Crippen LogP contribution in [0.4, 0.5) is 5.95 Å². The summed E-state index contributed by atoms with van der Waals surface area (Å²) >= 11 is 5.92. The Morgan fingerprint density at radius 1 is 1.17 bits per heavy atom. The average molecular weight is 385 g/mol. The van der Waals surface area contributed by atoms with Gasteiger partial charge in [-0.2, -0.15) is 18.2 Å². The molecule has 1 aromatic carbocycles. The summed E-state index contributed by atoms with van der Waals surface area (Å²) in [7, 11) is 0. The molecule has 0 atom stereocenters. The third-order valence-corrected chi connectivity index (χ3v) is 3.22. The van der Waals surface area contributed by atoms with Gasteiger partial charge in [-0.25, -0.2) is 22.1 Å². The summed E-state index contributed by atoms with van der Waals surface area (Å²) in [5, 5.41) is 13.0. The van der Waals surface area contributed by atoms with E-state index < -0.39 is 0 Å². The fourth-order valence-corrected chi connectivity index (χ4v) is 2.01. The second-order valence-corrected chi connectivity index (χ2v) is 5.59. The van der Waals surface area contributed by atoms with Gasteiger partial charge in [0.15, 0.2) is 5.88 Å². The van der Waals surface area contributed by atoms with Crippen molar-refractivity contribution in [1.82, 2.24) is 9.97 Å². The number of halogens is 1. The zero-order chi connectivity index (χ0) is 16.7. The van der Waals surface area contributed by atoms with Gasteiger partial charge >= 0.3 is 0 Å². The molecule has 0 saturated carbocycles. The Bertz CT molecular complexity index is 691. The average Bonchev–Trinajstić information content (AvgIpc) is 3.23. The van der Waals surface area contributed by atoms with Crippen LogP contribution in [0.25, 0.3) is 0 Å². The van der Waals surface area contributed by atoms with Gasteiger partial charge in [-0.15, -0.1) is 0 Å². The minimum Gasteiger partial charge on any atom is -0.494 e. The van der Waals surface area contributed by atoms with E-state index in [1.807, 2.05) is 56.3 Å². The Morgan fingerprint density at radius 2 is 1.79 bits per heavy atom. The van der Waals surface area contributed by atoms with Crippen LogP contribution in [0.5, 0.6) is 0 Å².